The number of nitrogens with zero attached hydrogens (tertiary/aromatic N) is 3. The van der Waals surface area contributed by atoms with Gasteiger partial charge in [-0.1, -0.05) is 0 Å². The van der Waals surface area contributed by atoms with Gasteiger partial charge < -0.3 is 14.6 Å². The molecule has 3 rings (SSSR count). The predicted octanol–water partition coefficient (Wildman–Crippen LogP) is 3.56. The highest BCUT2D eigenvalue weighted by Gasteiger charge is 2.34. The standard InChI is InChI=1S/C16H16BrF3N4O2/c1-9-21-12(16(18,19)20)8-14(22-9)24-6-4-10(5-7-24)23-15(25)11-2-3-13(17)26-11/h2-3,8,10H,4-7H2,1H3,(H,23,25). The van der Waals surface area contributed by atoms with Crippen LogP contribution in [0.1, 0.15) is 34.9 Å². The summed E-state index contributed by atoms with van der Waals surface area (Å²) in [6.07, 6.45) is -3.32. The van der Waals surface area contributed by atoms with Gasteiger partial charge >= 0.3 is 6.18 Å². The van der Waals surface area contributed by atoms with Crippen LogP contribution in [0.25, 0.3) is 0 Å². The zero-order chi connectivity index (χ0) is 18.9. The largest absolute Gasteiger partial charge is 0.444 e. The molecular weight excluding hydrogens is 417 g/mol. The molecule has 0 radical (unpaired) electrons. The van der Waals surface area contributed by atoms with Gasteiger partial charge in [0.25, 0.3) is 5.91 Å². The Morgan fingerprint density at radius 1 is 1.31 bits per heavy atom. The van der Waals surface area contributed by atoms with E-state index in [1.807, 2.05) is 0 Å². The first-order chi connectivity index (χ1) is 12.2. The average molecular weight is 433 g/mol. The van der Waals surface area contributed by atoms with E-state index in [0.29, 0.717) is 30.6 Å². The molecule has 2 aromatic rings. The maximum Gasteiger partial charge on any atom is 0.433 e. The van der Waals surface area contributed by atoms with Gasteiger partial charge in [-0.25, -0.2) is 9.97 Å². The van der Waals surface area contributed by atoms with Gasteiger partial charge in [0, 0.05) is 25.2 Å². The fourth-order valence-corrected chi connectivity index (χ4v) is 3.11. The lowest BCUT2D eigenvalue weighted by Crippen LogP contribution is -2.45. The van der Waals surface area contributed by atoms with Gasteiger partial charge in [0.1, 0.15) is 17.3 Å². The minimum absolute atomic E-state index is 0.0763. The van der Waals surface area contributed by atoms with Crippen LogP contribution in [0.2, 0.25) is 0 Å². The summed E-state index contributed by atoms with van der Waals surface area (Å²) in [7, 11) is 0. The van der Waals surface area contributed by atoms with Crippen LogP contribution in [0.5, 0.6) is 0 Å². The summed E-state index contributed by atoms with van der Waals surface area (Å²) in [4.78, 5) is 21.4. The molecule has 1 amide bonds. The van der Waals surface area contributed by atoms with Crippen molar-refractivity contribution in [3.05, 3.63) is 40.1 Å². The number of carbonyl (C=O) groups is 1. The molecule has 0 aromatic carbocycles. The Balaban J connectivity index is 1.62. The molecule has 0 aliphatic carbocycles. The SMILES string of the molecule is Cc1nc(N2CCC(NC(=O)c3ccc(Br)o3)CC2)cc(C(F)(F)F)n1. The topological polar surface area (TPSA) is 71.3 Å². The molecule has 6 nitrogen and oxygen atoms in total. The lowest BCUT2D eigenvalue weighted by atomic mass is 10.0. The molecule has 10 heteroatoms. The fourth-order valence-electron chi connectivity index (χ4n) is 2.80. The van der Waals surface area contributed by atoms with E-state index in [1.54, 1.807) is 17.0 Å². The van der Waals surface area contributed by atoms with Crippen molar-refractivity contribution in [3.8, 4) is 0 Å². The van der Waals surface area contributed by atoms with Gasteiger partial charge in [-0.05, 0) is 47.8 Å². The van der Waals surface area contributed by atoms with E-state index in [9.17, 15) is 18.0 Å². The molecular formula is C16H16BrF3N4O2. The van der Waals surface area contributed by atoms with Gasteiger partial charge in [-0.3, -0.25) is 4.79 Å². The number of halogens is 4. The van der Waals surface area contributed by atoms with E-state index in [2.05, 4.69) is 31.2 Å². The van der Waals surface area contributed by atoms with Gasteiger partial charge in [-0.2, -0.15) is 13.2 Å². The highest BCUT2D eigenvalue weighted by molar-refractivity contribution is 9.10. The molecule has 0 saturated carbocycles. The third-order valence-electron chi connectivity index (χ3n) is 4.07. The number of furan rings is 1. The minimum Gasteiger partial charge on any atom is -0.444 e. The molecule has 26 heavy (non-hydrogen) atoms. The van der Waals surface area contributed by atoms with E-state index in [4.69, 9.17) is 4.42 Å². The highest BCUT2D eigenvalue weighted by atomic mass is 79.9. The van der Waals surface area contributed by atoms with Crippen LogP contribution in [-0.2, 0) is 6.18 Å². The summed E-state index contributed by atoms with van der Waals surface area (Å²) in [6.45, 7) is 2.41. The van der Waals surface area contributed by atoms with E-state index >= 15 is 0 Å². The molecule has 2 aromatic heterocycles. The number of hydrogen-bond acceptors (Lipinski definition) is 5. The second-order valence-corrected chi connectivity index (χ2v) is 6.78. The lowest BCUT2D eigenvalue weighted by molar-refractivity contribution is -0.141. The molecule has 1 aliphatic heterocycles. The highest BCUT2D eigenvalue weighted by Crippen LogP contribution is 2.30. The number of carbonyl (C=O) groups excluding carboxylic acids is 1. The minimum atomic E-state index is -4.51. The summed E-state index contributed by atoms with van der Waals surface area (Å²) >= 11 is 3.14. The number of aryl methyl sites for hydroxylation is 1. The third-order valence-corrected chi connectivity index (χ3v) is 4.49. The fraction of sp³-hybridized carbons (Fsp3) is 0.438. The number of aromatic nitrogens is 2. The number of hydrogen-bond donors (Lipinski definition) is 1. The molecule has 140 valence electrons. The summed E-state index contributed by atoms with van der Waals surface area (Å²) in [5.41, 5.74) is -0.946. The van der Waals surface area contributed by atoms with Crippen molar-refractivity contribution >= 4 is 27.7 Å². The molecule has 3 heterocycles. The van der Waals surface area contributed by atoms with E-state index in [0.717, 1.165) is 6.07 Å². The number of piperidine rings is 1. The van der Waals surface area contributed by atoms with E-state index in [1.165, 1.54) is 6.92 Å². The molecule has 0 bridgehead atoms. The second-order valence-electron chi connectivity index (χ2n) is 5.99. The summed E-state index contributed by atoms with van der Waals surface area (Å²) in [5, 5.41) is 2.87. The van der Waals surface area contributed by atoms with Crippen LogP contribution in [0.15, 0.2) is 27.3 Å². The normalized spacial score (nSPS) is 16.0. The lowest BCUT2D eigenvalue weighted by Gasteiger charge is -2.33. The van der Waals surface area contributed by atoms with Crippen LogP contribution in [-0.4, -0.2) is 35.0 Å². The van der Waals surface area contributed by atoms with Crippen molar-refractivity contribution in [2.45, 2.75) is 32.0 Å². The Kier molecular flexibility index (Phi) is 5.22. The number of nitrogens with one attached hydrogen (secondary N) is 1. The maximum atomic E-state index is 12.9. The number of anilines is 1. The van der Waals surface area contributed by atoms with Crippen molar-refractivity contribution in [2.24, 2.45) is 0 Å². The molecule has 1 fully saturated rings. The molecule has 0 unspecified atom stereocenters. The summed E-state index contributed by atoms with van der Waals surface area (Å²) in [5.74, 6) is 0.227. The first-order valence-electron chi connectivity index (χ1n) is 7.96. The Hall–Kier alpha value is -2.10. The van der Waals surface area contributed by atoms with Crippen molar-refractivity contribution in [3.63, 3.8) is 0 Å². The first kappa shape index (κ1) is 18.7. The first-order valence-corrected chi connectivity index (χ1v) is 8.75. The molecule has 1 saturated heterocycles. The van der Waals surface area contributed by atoms with Gasteiger partial charge in [0.2, 0.25) is 0 Å². The van der Waals surface area contributed by atoms with Crippen molar-refractivity contribution in [1.82, 2.24) is 15.3 Å². The maximum absolute atomic E-state index is 12.9. The van der Waals surface area contributed by atoms with Gasteiger partial charge in [0.05, 0.1) is 0 Å². The second kappa shape index (κ2) is 7.26. The van der Waals surface area contributed by atoms with E-state index in [-0.39, 0.29) is 29.4 Å². The zero-order valence-corrected chi connectivity index (χ0v) is 15.4. The van der Waals surface area contributed by atoms with Gasteiger partial charge in [-0.15, -0.1) is 0 Å². The molecule has 1 N–H and O–H groups in total. The third kappa shape index (κ3) is 4.35. The quantitative estimate of drug-likeness (QED) is 0.802. The molecule has 1 aliphatic rings. The summed E-state index contributed by atoms with van der Waals surface area (Å²) in [6, 6.07) is 4.09. The van der Waals surface area contributed by atoms with Crippen LogP contribution in [0.4, 0.5) is 19.0 Å². The van der Waals surface area contributed by atoms with Crippen LogP contribution >= 0.6 is 15.9 Å². The average Bonchev–Trinajstić information content (AvgIpc) is 3.01. The Labute approximate surface area is 155 Å². The van der Waals surface area contributed by atoms with Crippen molar-refractivity contribution < 1.29 is 22.4 Å². The molecule has 0 spiro atoms. The van der Waals surface area contributed by atoms with E-state index < -0.39 is 11.9 Å². The molecule has 0 atom stereocenters. The number of rotatable bonds is 3. The van der Waals surface area contributed by atoms with Gasteiger partial charge in [0.15, 0.2) is 10.4 Å². The Morgan fingerprint density at radius 2 is 2.00 bits per heavy atom. The van der Waals surface area contributed by atoms with Crippen molar-refractivity contribution in [2.75, 3.05) is 18.0 Å². The monoisotopic (exact) mass is 432 g/mol. The van der Waals surface area contributed by atoms with Crippen LogP contribution in [0.3, 0.4) is 0 Å². The predicted molar refractivity (Wildman–Crippen MR) is 90.9 cm³/mol. The summed E-state index contributed by atoms with van der Waals surface area (Å²) < 4.78 is 44.4. The number of alkyl halides is 3. The van der Waals surface area contributed by atoms with Crippen LogP contribution < -0.4 is 10.2 Å². The smallest absolute Gasteiger partial charge is 0.433 e. The Bertz CT molecular complexity index is 801. The van der Waals surface area contributed by atoms with Crippen molar-refractivity contribution in [1.29, 1.82) is 0 Å². The zero-order valence-electron chi connectivity index (χ0n) is 13.8. The van der Waals surface area contributed by atoms with Crippen LogP contribution in [0, 0.1) is 6.92 Å². The number of amides is 1. The Morgan fingerprint density at radius 3 is 2.58 bits per heavy atom.